The predicted molar refractivity (Wildman–Crippen MR) is 91.9 cm³/mol. The predicted octanol–water partition coefficient (Wildman–Crippen LogP) is -0.293. The summed E-state index contributed by atoms with van der Waals surface area (Å²) in [4.78, 5) is 4.17. The second-order valence-electron chi connectivity index (χ2n) is 6.45. The number of primary sulfonamides is 1. The molecule has 3 atom stereocenters. The topological polar surface area (TPSA) is 104 Å². The second kappa shape index (κ2) is 6.01. The van der Waals surface area contributed by atoms with Crippen molar-refractivity contribution in [3.05, 3.63) is 11.6 Å². The first-order chi connectivity index (χ1) is 11.1. The smallest absolute Gasteiger partial charge is 0.253 e. The average Bonchev–Trinajstić information content (AvgIpc) is 2.91. The molecule has 2 N–H and O–H groups in total. The molecule has 2 aliphatic rings. The molecular weight excluding hydrogens is 372 g/mol. The van der Waals surface area contributed by atoms with Crippen LogP contribution >= 0.6 is 11.3 Å². The summed E-state index contributed by atoms with van der Waals surface area (Å²) in [6.07, 6.45) is 0. The van der Waals surface area contributed by atoms with Crippen molar-refractivity contribution in [1.29, 1.82) is 0 Å². The molecule has 1 aromatic heterocycles. The van der Waals surface area contributed by atoms with Crippen LogP contribution in [0, 0.1) is 0 Å². The van der Waals surface area contributed by atoms with Crippen LogP contribution < -0.4 is 5.14 Å². The van der Waals surface area contributed by atoms with Gasteiger partial charge in [-0.1, -0.05) is 6.92 Å². The molecule has 2 bridgehead atoms. The quantitative estimate of drug-likeness (QED) is 0.752. The Morgan fingerprint density at radius 3 is 2.58 bits per heavy atom. The standard InChI is InChI=1S/C13H22N4O4S3/c1-4-16-7-9(6-15(2)3)17-8-11(16)10-5-12(23(14,18)19)22-13(10)24(17,20)21/h5,9,11H,4,6-8H2,1-3H3,(H2,14,18,19). The first-order valence-electron chi connectivity index (χ1n) is 7.63. The minimum absolute atomic E-state index is 0.0926. The van der Waals surface area contributed by atoms with E-state index in [4.69, 9.17) is 5.14 Å². The van der Waals surface area contributed by atoms with E-state index in [1.807, 2.05) is 25.9 Å². The molecule has 24 heavy (non-hydrogen) atoms. The van der Waals surface area contributed by atoms with Crippen LogP contribution in [0.2, 0.25) is 0 Å². The summed E-state index contributed by atoms with van der Waals surface area (Å²) in [6, 6.07) is 1.15. The summed E-state index contributed by atoms with van der Waals surface area (Å²) in [6.45, 7) is 4.38. The largest absolute Gasteiger partial charge is 0.308 e. The average molecular weight is 395 g/mol. The summed E-state index contributed by atoms with van der Waals surface area (Å²) < 4.78 is 50.9. The van der Waals surface area contributed by atoms with Crippen molar-refractivity contribution in [1.82, 2.24) is 14.1 Å². The van der Waals surface area contributed by atoms with Crippen LogP contribution in [-0.4, -0.2) is 77.3 Å². The Kier molecular flexibility index (Phi) is 4.56. The lowest BCUT2D eigenvalue weighted by Crippen LogP contribution is -2.60. The zero-order valence-corrected chi connectivity index (χ0v) is 16.3. The fourth-order valence-electron chi connectivity index (χ4n) is 3.48. The van der Waals surface area contributed by atoms with Crippen molar-refractivity contribution >= 4 is 31.4 Å². The minimum Gasteiger partial charge on any atom is -0.308 e. The molecule has 1 fully saturated rings. The third kappa shape index (κ3) is 2.91. The van der Waals surface area contributed by atoms with Gasteiger partial charge in [-0.05, 0) is 26.7 Å². The molecular formula is C13H22N4O4S3. The number of hydrogen-bond donors (Lipinski definition) is 1. The molecule has 136 valence electrons. The molecule has 8 nitrogen and oxygen atoms in total. The van der Waals surface area contributed by atoms with E-state index in [0.717, 1.165) is 17.9 Å². The lowest BCUT2D eigenvalue weighted by molar-refractivity contribution is 0.0625. The van der Waals surface area contributed by atoms with Gasteiger partial charge in [-0.15, -0.1) is 11.3 Å². The lowest BCUT2D eigenvalue weighted by atomic mass is 10.0. The van der Waals surface area contributed by atoms with Gasteiger partial charge in [-0.3, -0.25) is 4.90 Å². The summed E-state index contributed by atoms with van der Waals surface area (Å²) in [5, 5.41) is 5.21. The molecule has 2 aliphatic heterocycles. The van der Waals surface area contributed by atoms with Crippen molar-refractivity contribution in [2.75, 3.05) is 40.3 Å². The van der Waals surface area contributed by atoms with Crippen molar-refractivity contribution in [3.8, 4) is 0 Å². The summed E-state index contributed by atoms with van der Waals surface area (Å²) >= 11 is 0.757. The van der Waals surface area contributed by atoms with Gasteiger partial charge in [0.15, 0.2) is 0 Å². The Balaban J connectivity index is 2.14. The Morgan fingerprint density at radius 1 is 1.38 bits per heavy atom. The molecule has 0 saturated carbocycles. The maximum atomic E-state index is 13.0. The van der Waals surface area contributed by atoms with Gasteiger partial charge >= 0.3 is 0 Å². The van der Waals surface area contributed by atoms with E-state index < -0.39 is 20.0 Å². The first kappa shape index (κ1) is 18.2. The second-order valence-corrected chi connectivity index (χ2v) is 11.4. The number of likely N-dealkylation sites (N-methyl/N-ethyl adjacent to an activating group) is 2. The maximum Gasteiger partial charge on any atom is 0.253 e. The highest BCUT2D eigenvalue weighted by Gasteiger charge is 2.48. The number of hydrogen-bond acceptors (Lipinski definition) is 7. The molecule has 3 heterocycles. The monoisotopic (exact) mass is 394 g/mol. The van der Waals surface area contributed by atoms with E-state index in [2.05, 4.69) is 4.90 Å². The number of nitrogens with zero attached hydrogens (tertiary/aromatic N) is 3. The summed E-state index contributed by atoms with van der Waals surface area (Å²) in [5.41, 5.74) is 0.561. The number of thiophene rings is 1. The number of rotatable bonds is 4. The molecule has 0 aliphatic carbocycles. The van der Waals surface area contributed by atoms with Crippen LogP contribution in [0.25, 0.3) is 0 Å². The number of piperazine rings is 1. The number of sulfonamides is 2. The fraction of sp³-hybridized carbons (Fsp3) is 0.692. The van der Waals surface area contributed by atoms with Gasteiger partial charge in [0.05, 0.1) is 12.1 Å². The molecule has 1 aromatic rings. The van der Waals surface area contributed by atoms with Crippen molar-refractivity contribution in [2.45, 2.75) is 27.4 Å². The Morgan fingerprint density at radius 2 is 2.04 bits per heavy atom. The molecule has 11 heteroatoms. The maximum absolute atomic E-state index is 13.0. The van der Waals surface area contributed by atoms with E-state index in [1.165, 1.54) is 10.4 Å². The van der Waals surface area contributed by atoms with Gasteiger partial charge in [0.25, 0.3) is 10.0 Å². The van der Waals surface area contributed by atoms with Gasteiger partial charge in [0.2, 0.25) is 10.0 Å². The summed E-state index contributed by atoms with van der Waals surface area (Å²) in [7, 11) is -3.80. The van der Waals surface area contributed by atoms with E-state index in [1.54, 1.807) is 0 Å². The van der Waals surface area contributed by atoms with Gasteiger partial charge < -0.3 is 4.90 Å². The van der Waals surface area contributed by atoms with Crippen LogP contribution in [-0.2, 0) is 20.0 Å². The Labute approximate surface area is 146 Å². The first-order valence-corrected chi connectivity index (χ1v) is 11.4. The molecule has 3 rings (SSSR count). The van der Waals surface area contributed by atoms with E-state index >= 15 is 0 Å². The van der Waals surface area contributed by atoms with Crippen LogP contribution in [0.1, 0.15) is 18.5 Å². The minimum atomic E-state index is -3.92. The number of nitrogens with two attached hydrogens (primary N) is 1. The van der Waals surface area contributed by atoms with Crippen LogP contribution in [0.3, 0.4) is 0 Å². The van der Waals surface area contributed by atoms with Crippen molar-refractivity contribution in [3.63, 3.8) is 0 Å². The van der Waals surface area contributed by atoms with Gasteiger partial charge in [-0.25, -0.2) is 22.0 Å². The number of fused-ring (bicyclic) bond motifs is 4. The van der Waals surface area contributed by atoms with Crippen LogP contribution in [0.5, 0.6) is 0 Å². The van der Waals surface area contributed by atoms with Crippen LogP contribution in [0.4, 0.5) is 0 Å². The molecule has 0 aromatic carbocycles. The molecule has 0 radical (unpaired) electrons. The van der Waals surface area contributed by atoms with E-state index in [9.17, 15) is 16.8 Å². The highest BCUT2D eigenvalue weighted by atomic mass is 32.3. The Hall–Kier alpha value is -0.560. The van der Waals surface area contributed by atoms with Gasteiger partial charge in [-0.2, -0.15) is 4.31 Å². The molecule has 3 unspecified atom stereocenters. The van der Waals surface area contributed by atoms with E-state index in [-0.39, 0.29) is 20.5 Å². The van der Waals surface area contributed by atoms with Crippen molar-refractivity contribution in [2.24, 2.45) is 5.14 Å². The zero-order chi connectivity index (χ0) is 17.9. The SMILES string of the molecule is CCN1CC(CN(C)C)N2CC1c1cc(S(N)(=O)=O)sc1S2(=O)=O. The highest BCUT2D eigenvalue weighted by Crippen LogP contribution is 2.45. The zero-order valence-electron chi connectivity index (χ0n) is 13.8. The lowest BCUT2D eigenvalue weighted by Gasteiger charge is -2.48. The molecule has 1 saturated heterocycles. The third-order valence-corrected chi connectivity index (χ3v) is 9.53. The normalized spacial score (nSPS) is 29.6. The highest BCUT2D eigenvalue weighted by molar-refractivity contribution is 7.94. The molecule has 0 amide bonds. The third-order valence-electron chi connectivity index (χ3n) is 4.51. The van der Waals surface area contributed by atoms with E-state index in [0.29, 0.717) is 25.2 Å². The fourth-order valence-corrected chi connectivity index (χ4v) is 7.87. The van der Waals surface area contributed by atoms with Gasteiger partial charge in [0.1, 0.15) is 8.42 Å². The van der Waals surface area contributed by atoms with Gasteiger partial charge in [0, 0.05) is 25.2 Å². The Bertz CT molecular complexity index is 847. The summed E-state index contributed by atoms with van der Waals surface area (Å²) in [5.74, 6) is 0. The van der Waals surface area contributed by atoms with Crippen LogP contribution in [0.15, 0.2) is 14.5 Å². The van der Waals surface area contributed by atoms with Crippen molar-refractivity contribution < 1.29 is 16.8 Å². The molecule has 0 spiro atoms.